The minimum Gasteiger partial charge on any atom is -0.356 e. The molecule has 1 unspecified atom stereocenters. The number of hydrogen-bond donors (Lipinski definition) is 0. The van der Waals surface area contributed by atoms with Gasteiger partial charge in [-0.2, -0.15) is 0 Å². The minimum atomic E-state index is 0.114. The monoisotopic (exact) mass is 344 g/mol. The Kier molecular flexibility index (Phi) is 4.18. The number of aromatic nitrogens is 1. The summed E-state index contributed by atoms with van der Waals surface area (Å²) in [5.74, 6) is 0.114. The van der Waals surface area contributed by atoms with Gasteiger partial charge >= 0.3 is 0 Å². The molecule has 1 atom stereocenters. The van der Waals surface area contributed by atoms with Crippen LogP contribution in [0.5, 0.6) is 0 Å². The van der Waals surface area contributed by atoms with Crippen molar-refractivity contribution in [3.8, 4) is 0 Å². The zero-order valence-electron chi connectivity index (χ0n) is 13.6. The molecule has 0 N–H and O–H groups in total. The molecule has 1 fully saturated rings. The van der Waals surface area contributed by atoms with Gasteiger partial charge in [0.1, 0.15) is 5.69 Å². The summed E-state index contributed by atoms with van der Waals surface area (Å²) >= 11 is 1.84. The van der Waals surface area contributed by atoms with Gasteiger partial charge in [0.15, 0.2) is 10.8 Å². The SMILES string of the molecule is CC1CN=C(N2CCN(C(=O)Cc3noc4ccccc34)CC2)S1. The highest BCUT2D eigenvalue weighted by Crippen LogP contribution is 2.24. The summed E-state index contributed by atoms with van der Waals surface area (Å²) in [5, 5.41) is 6.69. The molecule has 0 aliphatic carbocycles. The first-order valence-corrected chi connectivity index (χ1v) is 9.16. The first-order chi connectivity index (χ1) is 11.7. The number of hydrogen-bond acceptors (Lipinski definition) is 6. The molecule has 1 aromatic heterocycles. The second-order valence-corrected chi connectivity index (χ2v) is 7.63. The molecular formula is C17H20N4O2S. The molecule has 1 aromatic carbocycles. The summed E-state index contributed by atoms with van der Waals surface area (Å²) < 4.78 is 5.28. The lowest BCUT2D eigenvalue weighted by molar-refractivity contribution is -0.131. The number of fused-ring (bicyclic) bond motifs is 1. The maximum Gasteiger partial charge on any atom is 0.228 e. The van der Waals surface area contributed by atoms with Crippen molar-refractivity contribution in [1.29, 1.82) is 0 Å². The van der Waals surface area contributed by atoms with Gasteiger partial charge in [0, 0.05) is 36.8 Å². The average molecular weight is 344 g/mol. The number of rotatable bonds is 2. The molecule has 1 amide bonds. The average Bonchev–Trinajstić information content (AvgIpc) is 3.22. The molecule has 3 heterocycles. The van der Waals surface area contributed by atoms with Crippen LogP contribution in [0.25, 0.3) is 11.0 Å². The number of benzene rings is 1. The smallest absolute Gasteiger partial charge is 0.228 e. The van der Waals surface area contributed by atoms with E-state index in [0.29, 0.717) is 11.7 Å². The van der Waals surface area contributed by atoms with Gasteiger partial charge in [-0.05, 0) is 12.1 Å². The summed E-state index contributed by atoms with van der Waals surface area (Å²) in [4.78, 5) is 21.4. The third-order valence-electron chi connectivity index (χ3n) is 4.46. The van der Waals surface area contributed by atoms with Crippen LogP contribution in [0.2, 0.25) is 0 Å². The number of nitrogens with zero attached hydrogens (tertiary/aromatic N) is 4. The van der Waals surface area contributed by atoms with Gasteiger partial charge in [0.05, 0.1) is 13.0 Å². The molecule has 2 aromatic rings. The van der Waals surface area contributed by atoms with E-state index in [2.05, 4.69) is 22.0 Å². The van der Waals surface area contributed by atoms with E-state index in [4.69, 9.17) is 4.52 Å². The standard InChI is InChI=1S/C17H20N4O2S/c1-12-11-18-17(24-12)21-8-6-20(7-9-21)16(22)10-14-13-4-2-3-5-15(13)23-19-14/h2-5,12H,6-11H2,1H3. The Bertz CT molecular complexity index is 780. The predicted octanol–water partition coefficient (Wildman–Crippen LogP) is 2.01. The van der Waals surface area contributed by atoms with Crippen LogP contribution < -0.4 is 0 Å². The summed E-state index contributed by atoms with van der Waals surface area (Å²) in [7, 11) is 0. The fourth-order valence-electron chi connectivity index (χ4n) is 3.10. The van der Waals surface area contributed by atoms with Gasteiger partial charge in [0.2, 0.25) is 5.91 Å². The van der Waals surface area contributed by atoms with E-state index in [1.807, 2.05) is 40.9 Å². The Morgan fingerprint density at radius 2 is 2.08 bits per heavy atom. The maximum atomic E-state index is 12.6. The zero-order valence-corrected chi connectivity index (χ0v) is 14.5. The fraction of sp³-hybridized carbons (Fsp3) is 0.471. The van der Waals surface area contributed by atoms with Crippen molar-refractivity contribution in [1.82, 2.24) is 15.0 Å². The van der Waals surface area contributed by atoms with Crippen molar-refractivity contribution in [3.05, 3.63) is 30.0 Å². The van der Waals surface area contributed by atoms with Gasteiger partial charge in [-0.3, -0.25) is 9.79 Å². The Hall–Kier alpha value is -2.02. The van der Waals surface area contributed by atoms with Crippen LogP contribution in [0.4, 0.5) is 0 Å². The highest BCUT2D eigenvalue weighted by Gasteiger charge is 2.27. The second kappa shape index (κ2) is 6.47. The summed E-state index contributed by atoms with van der Waals surface area (Å²) in [6.07, 6.45) is 0.295. The van der Waals surface area contributed by atoms with Gasteiger partial charge in [-0.15, -0.1) is 0 Å². The Morgan fingerprint density at radius 3 is 2.83 bits per heavy atom. The molecule has 1 saturated heterocycles. The van der Waals surface area contributed by atoms with Crippen LogP contribution in [-0.2, 0) is 11.2 Å². The Labute approximate surface area is 144 Å². The van der Waals surface area contributed by atoms with Gasteiger partial charge < -0.3 is 14.3 Å². The van der Waals surface area contributed by atoms with Gasteiger partial charge in [0.25, 0.3) is 0 Å². The molecule has 7 heteroatoms. The van der Waals surface area contributed by atoms with Crippen molar-refractivity contribution in [2.45, 2.75) is 18.6 Å². The molecular weight excluding hydrogens is 324 g/mol. The van der Waals surface area contributed by atoms with E-state index in [1.54, 1.807) is 0 Å². The lowest BCUT2D eigenvalue weighted by Gasteiger charge is -2.35. The van der Waals surface area contributed by atoms with Crippen molar-refractivity contribution in [3.63, 3.8) is 0 Å². The lowest BCUT2D eigenvalue weighted by Crippen LogP contribution is -2.50. The predicted molar refractivity (Wildman–Crippen MR) is 95.2 cm³/mol. The molecule has 0 saturated carbocycles. The van der Waals surface area contributed by atoms with Crippen LogP contribution in [0.3, 0.4) is 0 Å². The fourth-order valence-corrected chi connectivity index (χ4v) is 4.09. The largest absolute Gasteiger partial charge is 0.356 e. The number of carbonyl (C=O) groups is 1. The molecule has 4 rings (SSSR count). The molecule has 126 valence electrons. The molecule has 0 spiro atoms. The van der Waals surface area contributed by atoms with E-state index < -0.39 is 0 Å². The van der Waals surface area contributed by atoms with Crippen LogP contribution in [0.1, 0.15) is 12.6 Å². The minimum absolute atomic E-state index is 0.114. The van der Waals surface area contributed by atoms with Gasteiger partial charge in [-0.25, -0.2) is 0 Å². The van der Waals surface area contributed by atoms with Crippen molar-refractivity contribution in [2.24, 2.45) is 4.99 Å². The van der Waals surface area contributed by atoms with Crippen LogP contribution in [0, 0.1) is 0 Å². The number of amides is 1. The summed E-state index contributed by atoms with van der Waals surface area (Å²) in [5.41, 5.74) is 1.46. The van der Waals surface area contributed by atoms with Crippen LogP contribution in [-0.4, -0.2) is 64.0 Å². The molecule has 0 bridgehead atoms. The number of para-hydroxylation sites is 1. The third-order valence-corrected chi connectivity index (χ3v) is 5.61. The van der Waals surface area contributed by atoms with E-state index in [-0.39, 0.29) is 5.91 Å². The number of amidine groups is 1. The zero-order chi connectivity index (χ0) is 16.5. The quantitative estimate of drug-likeness (QED) is 0.834. The molecule has 0 radical (unpaired) electrons. The Balaban J connectivity index is 1.36. The highest BCUT2D eigenvalue weighted by molar-refractivity contribution is 8.14. The number of thioether (sulfide) groups is 1. The van der Waals surface area contributed by atoms with E-state index in [1.165, 1.54) is 0 Å². The van der Waals surface area contributed by atoms with E-state index in [9.17, 15) is 4.79 Å². The van der Waals surface area contributed by atoms with E-state index in [0.717, 1.165) is 54.6 Å². The number of aliphatic imine (C=N–C) groups is 1. The summed E-state index contributed by atoms with van der Waals surface area (Å²) in [6, 6.07) is 7.66. The summed E-state index contributed by atoms with van der Waals surface area (Å²) in [6.45, 7) is 6.28. The maximum absolute atomic E-state index is 12.6. The van der Waals surface area contributed by atoms with Crippen LogP contribution >= 0.6 is 11.8 Å². The third kappa shape index (κ3) is 3.00. The van der Waals surface area contributed by atoms with Gasteiger partial charge in [-0.1, -0.05) is 36.0 Å². The first kappa shape index (κ1) is 15.5. The van der Waals surface area contributed by atoms with Crippen molar-refractivity contribution >= 4 is 33.8 Å². The number of piperazine rings is 1. The lowest BCUT2D eigenvalue weighted by atomic mass is 10.1. The molecule has 6 nitrogen and oxygen atoms in total. The normalized spacial score (nSPS) is 21.4. The number of carbonyl (C=O) groups excluding carboxylic acids is 1. The van der Waals surface area contributed by atoms with E-state index >= 15 is 0 Å². The van der Waals surface area contributed by atoms with Crippen LogP contribution in [0.15, 0.2) is 33.8 Å². The highest BCUT2D eigenvalue weighted by atomic mass is 32.2. The van der Waals surface area contributed by atoms with Crippen molar-refractivity contribution < 1.29 is 9.32 Å². The molecule has 2 aliphatic rings. The topological polar surface area (TPSA) is 61.9 Å². The molecule has 2 aliphatic heterocycles. The molecule has 24 heavy (non-hydrogen) atoms. The Morgan fingerprint density at radius 1 is 1.29 bits per heavy atom. The second-order valence-electron chi connectivity index (χ2n) is 6.22. The van der Waals surface area contributed by atoms with Crippen molar-refractivity contribution in [2.75, 3.05) is 32.7 Å². The first-order valence-electron chi connectivity index (χ1n) is 8.28.